The number of aliphatic hydroxyl groups is 2. The normalized spacial score (nSPS) is 32.8. The molecule has 10 heteroatoms. The van der Waals surface area contributed by atoms with Crippen LogP contribution in [0.4, 0.5) is 13.2 Å². The molecule has 0 aromatic carbocycles. The van der Waals surface area contributed by atoms with Crippen LogP contribution in [0.25, 0.3) is 0 Å². The van der Waals surface area contributed by atoms with Gasteiger partial charge in [0, 0.05) is 22.5 Å². The van der Waals surface area contributed by atoms with Crippen LogP contribution >= 0.6 is 11.6 Å². The van der Waals surface area contributed by atoms with Gasteiger partial charge in [0.15, 0.2) is 6.29 Å². The lowest BCUT2D eigenvalue weighted by molar-refractivity contribution is -0.125. The van der Waals surface area contributed by atoms with Crippen LogP contribution in [0.1, 0.15) is 71.1 Å². The number of amides is 1. The van der Waals surface area contributed by atoms with Crippen LogP contribution in [0.5, 0.6) is 0 Å². The molecule has 4 atom stereocenters. The van der Waals surface area contributed by atoms with Gasteiger partial charge in [-0.2, -0.15) is 13.2 Å². The van der Waals surface area contributed by atoms with Gasteiger partial charge < -0.3 is 20.9 Å². The summed E-state index contributed by atoms with van der Waals surface area (Å²) in [5.74, 6) is -2.81. The van der Waals surface area contributed by atoms with E-state index in [1.54, 1.807) is 0 Å². The highest BCUT2D eigenvalue weighted by atomic mass is 35.5. The van der Waals surface area contributed by atoms with Crippen LogP contribution in [0.3, 0.4) is 0 Å². The molecule has 0 heterocycles. The molecule has 0 aliphatic heterocycles. The van der Waals surface area contributed by atoms with E-state index in [1.807, 2.05) is 6.92 Å². The van der Waals surface area contributed by atoms with E-state index in [2.05, 4.69) is 5.32 Å². The van der Waals surface area contributed by atoms with Gasteiger partial charge in [0.2, 0.25) is 5.91 Å². The van der Waals surface area contributed by atoms with Gasteiger partial charge in [0.25, 0.3) is 0 Å². The summed E-state index contributed by atoms with van der Waals surface area (Å²) in [6, 6.07) is 0. The van der Waals surface area contributed by atoms with Crippen molar-refractivity contribution in [2.75, 3.05) is 0 Å². The third kappa shape index (κ3) is 6.28. The summed E-state index contributed by atoms with van der Waals surface area (Å²) >= 11 is 6.33. The molecule has 0 bridgehead atoms. The van der Waals surface area contributed by atoms with Crippen molar-refractivity contribution in [2.45, 2.75) is 94.5 Å². The zero-order valence-corrected chi connectivity index (χ0v) is 19.7. The second-order valence-electron chi connectivity index (χ2n) is 10.4. The lowest BCUT2D eigenvalue weighted by Crippen LogP contribution is -2.52. The van der Waals surface area contributed by atoms with Crippen molar-refractivity contribution in [3.63, 3.8) is 0 Å². The van der Waals surface area contributed by atoms with Crippen LogP contribution in [-0.4, -0.2) is 50.9 Å². The van der Waals surface area contributed by atoms with E-state index in [0.29, 0.717) is 50.9 Å². The van der Waals surface area contributed by atoms with E-state index >= 15 is 0 Å². The molecule has 3 rings (SSSR count). The zero-order valence-electron chi connectivity index (χ0n) is 18.9. The molecular weight excluding hydrogens is 459 g/mol. The summed E-state index contributed by atoms with van der Waals surface area (Å²) in [6.07, 6.45) is -0.446. The molecule has 0 aromatic rings. The Hall–Kier alpha value is -1.19. The minimum Gasteiger partial charge on any atom is -0.368 e. The van der Waals surface area contributed by atoms with Crippen LogP contribution < -0.4 is 5.32 Å². The molecule has 0 spiro atoms. The lowest BCUT2D eigenvalue weighted by atomic mass is 9.76. The van der Waals surface area contributed by atoms with Gasteiger partial charge in [0.05, 0.1) is 0 Å². The molecule has 3 saturated carbocycles. The first-order valence-electron chi connectivity index (χ1n) is 11.9. The summed E-state index contributed by atoms with van der Waals surface area (Å²) < 4.78 is 40.4. The third-order valence-electron chi connectivity index (χ3n) is 8.06. The maximum absolute atomic E-state index is 13.5. The predicted molar refractivity (Wildman–Crippen MR) is 120 cm³/mol. The predicted octanol–water partition coefficient (Wildman–Crippen LogP) is 4.40. The van der Waals surface area contributed by atoms with Gasteiger partial charge in [-0.25, -0.2) is 0 Å². The summed E-state index contributed by atoms with van der Waals surface area (Å²) in [5.41, 5.74) is -2.69. The molecule has 0 aromatic heterocycles. The van der Waals surface area contributed by atoms with Crippen molar-refractivity contribution in [1.29, 1.82) is 10.8 Å². The Labute approximate surface area is 197 Å². The number of nitrogens with one attached hydrogen (secondary N) is 3. The maximum atomic E-state index is 13.5. The molecular formula is C23H35ClF3N3O3. The zero-order chi connectivity index (χ0) is 24.6. The van der Waals surface area contributed by atoms with Crippen molar-refractivity contribution in [1.82, 2.24) is 5.32 Å². The largest absolute Gasteiger partial charge is 0.429 e. The smallest absolute Gasteiger partial charge is 0.368 e. The standard InChI is InChI=1S/C23H35ClF3N3O3/c1-12-2-3-13(10-16(12)24)11-17(28)18(19(29)23(25,26)27)20(31)30-22(8-9-22)15-6-4-14(5-7-15)21(32)33/h12-16,18,21,28-29,32-33H,2-11H2,1H3,(H,30,31). The van der Waals surface area contributed by atoms with Crippen molar-refractivity contribution in [3.8, 4) is 0 Å². The highest BCUT2D eigenvalue weighted by Gasteiger charge is 2.53. The number of halogens is 4. The van der Waals surface area contributed by atoms with Gasteiger partial charge in [-0.05, 0) is 82.0 Å². The first-order valence-corrected chi connectivity index (χ1v) is 12.3. The number of carbonyl (C=O) groups is 1. The van der Waals surface area contributed by atoms with E-state index in [9.17, 15) is 28.2 Å². The van der Waals surface area contributed by atoms with Gasteiger partial charge in [0.1, 0.15) is 11.6 Å². The first kappa shape index (κ1) is 26.4. The van der Waals surface area contributed by atoms with E-state index in [0.717, 1.165) is 12.8 Å². The molecule has 3 aliphatic carbocycles. The molecule has 3 fully saturated rings. The highest BCUT2D eigenvalue weighted by molar-refractivity contribution is 6.22. The molecule has 3 aliphatic rings. The lowest BCUT2D eigenvalue weighted by Gasteiger charge is -2.36. The molecule has 33 heavy (non-hydrogen) atoms. The summed E-state index contributed by atoms with van der Waals surface area (Å²) in [6.45, 7) is 2.03. The van der Waals surface area contributed by atoms with Crippen molar-refractivity contribution in [2.24, 2.45) is 29.6 Å². The monoisotopic (exact) mass is 493 g/mol. The number of hydrogen-bond donors (Lipinski definition) is 5. The molecule has 188 valence electrons. The minimum atomic E-state index is -4.99. The average Bonchev–Trinajstić information content (AvgIpc) is 3.50. The van der Waals surface area contributed by atoms with Gasteiger partial charge >= 0.3 is 6.18 Å². The van der Waals surface area contributed by atoms with Gasteiger partial charge in [-0.15, -0.1) is 11.6 Å². The maximum Gasteiger partial charge on any atom is 0.429 e. The fraction of sp³-hybridized carbons (Fsp3) is 0.870. The average molecular weight is 494 g/mol. The van der Waals surface area contributed by atoms with E-state index in [4.69, 9.17) is 22.4 Å². The molecule has 1 amide bonds. The summed E-state index contributed by atoms with van der Waals surface area (Å²) in [5, 5.41) is 37.5. The Kier molecular flexibility index (Phi) is 8.16. The molecule has 6 nitrogen and oxygen atoms in total. The van der Waals surface area contributed by atoms with Crippen LogP contribution in [0.15, 0.2) is 0 Å². The van der Waals surface area contributed by atoms with Crippen molar-refractivity contribution >= 4 is 28.9 Å². The van der Waals surface area contributed by atoms with Gasteiger partial charge in [-0.3, -0.25) is 10.2 Å². The fourth-order valence-electron chi connectivity index (χ4n) is 5.65. The Morgan fingerprint density at radius 1 is 1.12 bits per heavy atom. The minimum absolute atomic E-state index is 0.0268. The van der Waals surface area contributed by atoms with Crippen molar-refractivity contribution < 1.29 is 28.2 Å². The first-order chi connectivity index (χ1) is 15.3. The Balaban J connectivity index is 1.68. The van der Waals surface area contributed by atoms with Crippen LogP contribution in [0, 0.1) is 40.4 Å². The number of aliphatic hydroxyl groups excluding tert-OH is 1. The highest BCUT2D eigenvalue weighted by Crippen LogP contribution is 2.49. The topological polar surface area (TPSA) is 117 Å². The Morgan fingerprint density at radius 2 is 1.73 bits per heavy atom. The SMILES string of the molecule is CC1CCC(CC(=N)C(C(=N)C(F)(F)F)C(=O)NC2(C3CCC(C(O)O)CC3)CC2)CC1Cl. The van der Waals surface area contributed by atoms with Crippen molar-refractivity contribution in [3.05, 3.63) is 0 Å². The van der Waals surface area contributed by atoms with Gasteiger partial charge in [-0.1, -0.05) is 6.92 Å². The molecule has 5 N–H and O–H groups in total. The number of alkyl halides is 4. The molecule has 4 unspecified atom stereocenters. The van der Waals surface area contributed by atoms with Crippen LogP contribution in [0.2, 0.25) is 0 Å². The fourth-order valence-corrected chi connectivity index (χ4v) is 6.02. The van der Waals surface area contributed by atoms with E-state index in [1.165, 1.54) is 0 Å². The second-order valence-corrected chi connectivity index (χ2v) is 11.0. The number of hydrogen-bond acceptors (Lipinski definition) is 5. The second kappa shape index (κ2) is 10.2. The molecule has 0 radical (unpaired) electrons. The summed E-state index contributed by atoms with van der Waals surface area (Å²) in [4.78, 5) is 13.1. The third-order valence-corrected chi connectivity index (χ3v) is 8.66. The number of carbonyl (C=O) groups excluding carboxylic acids is 1. The quantitative estimate of drug-likeness (QED) is 0.196. The number of rotatable bonds is 8. The summed E-state index contributed by atoms with van der Waals surface area (Å²) in [7, 11) is 0. The van der Waals surface area contributed by atoms with E-state index < -0.39 is 35.5 Å². The molecule has 0 saturated heterocycles. The Morgan fingerprint density at radius 3 is 2.21 bits per heavy atom. The Bertz CT molecular complexity index is 749. The van der Waals surface area contributed by atoms with E-state index in [-0.39, 0.29) is 35.3 Å². The van der Waals surface area contributed by atoms with Crippen LogP contribution in [-0.2, 0) is 4.79 Å².